The van der Waals surface area contributed by atoms with Gasteiger partial charge >= 0.3 is 12.0 Å². The highest BCUT2D eigenvalue weighted by Gasteiger charge is 2.14. The number of halogens is 2. The maximum Gasteiger partial charge on any atom is 0.319 e. The molecular weight excluding hydrogens is 303 g/mol. The van der Waals surface area contributed by atoms with E-state index in [-0.39, 0.29) is 18.4 Å². The lowest BCUT2D eigenvalue weighted by Crippen LogP contribution is -2.37. The number of amides is 2. The van der Waals surface area contributed by atoms with Crippen LogP contribution in [0.5, 0.6) is 0 Å². The first-order valence-corrected chi connectivity index (χ1v) is 6.86. The number of para-hydroxylation sites is 1. The summed E-state index contributed by atoms with van der Waals surface area (Å²) in [6, 6.07) is 4.06. The molecule has 110 valence electrons. The number of carbonyl (C=O) groups is 2. The van der Waals surface area contributed by atoms with E-state index in [1.165, 1.54) is 0 Å². The molecule has 1 atom stereocenters. The molecule has 1 aromatic rings. The molecule has 7 heteroatoms. The normalized spacial score (nSPS) is 11.6. The van der Waals surface area contributed by atoms with Gasteiger partial charge in [-0.25, -0.2) is 4.79 Å². The maximum absolute atomic E-state index is 11.8. The Labute approximate surface area is 127 Å². The number of rotatable bonds is 5. The fourth-order valence-electron chi connectivity index (χ4n) is 1.51. The summed E-state index contributed by atoms with van der Waals surface area (Å²) >= 11 is 11.9. The van der Waals surface area contributed by atoms with Gasteiger partial charge in [-0.05, 0) is 26.0 Å². The fourth-order valence-corrected chi connectivity index (χ4v) is 2.00. The molecule has 1 unspecified atom stereocenters. The SMILES string of the molecule is CCOC(=O)CC(C)NC(=O)Nc1c(Cl)cccc1Cl. The van der Waals surface area contributed by atoms with Gasteiger partial charge in [0, 0.05) is 6.04 Å². The number of carbonyl (C=O) groups excluding carboxylic acids is 2. The molecule has 0 saturated heterocycles. The van der Waals surface area contributed by atoms with Crippen LogP contribution in [0.25, 0.3) is 0 Å². The second-order valence-electron chi connectivity index (χ2n) is 4.11. The lowest BCUT2D eigenvalue weighted by molar-refractivity contribution is -0.143. The molecule has 0 radical (unpaired) electrons. The van der Waals surface area contributed by atoms with Gasteiger partial charge in [-0.1, -0.05) is 29.3 Å². The number of hydrogen-bond donors (Lipinski definition) is 2. The number of nitrogens with one attached hydrogen (secondary N) is 2. The highest BCUT2D eigenvalue weighted by atomic mass is 35.5. The average Bonchev–Trinajstić information content (AvgIpc) is 2.34. The lowest BCUT2D eigenvalue weighted by Gasteiger charge is -2.15. The number of esters is 1. The smallest absolute Gasteiger partial charge is 0.319 e. The van der Waals surface area contributed by atoms with Crippen molar-refractivity contribution in [2.45, 2.75) is 26.3 Å². The van der Waals surface area contributed by atoms with Crippen LogP contribution in [0.15, 0.2) is 18.2 Å². The minimum Gasteiger partial charge on any atom is -0.466 e. The molecule has 0 aromatic heterocycles. The summed E-state index contributed by atoms with van der Waals surface area (Å²) in [7, 11) is 0. The molecule has 0 fully saturated rings. The third-order valence-corrected chi connectivity index (χ3v) is 2.99. The first-order valence-electron chi connectivity index (χ1n) is 6.11. The Morgan fingerprint density at radius 3 is 2.45 bits per heavy atom. The highest BCUT2D eigenvalue weighted by molar-refractivity contribution is 6.39. The molecule has 5 nitrogen and oxygen atoms in total. The van der Waals surface area contributed by atoms with Gasteiger partial charge in [-0.3, -0.25) is 4.79 Å². The van der Waals surface area contributed by atoms with Crippen LogP contribution in [0.4, 0.5) is 10.5 Å². The van der Waals surface area contributed by atoms with Crippen molar-refractivity contribution in [1.29, 1.82) is 0 Å². The number of urea groups is 1. The minimum atomic E-state index is -0.489. The molecule has 0 spiro atoms. The van der Waals surface area contributed by atoms with Crippen molar-refractivity contribution in [2.24, 2.45) is 0 Å². The van der Waals surface area contributed by atoms with Crippen molar-refractivity contribution in [3.63, 3.8) is 0 Å². The summed E-state index contributed by atoms with van der Waals surface area (Å²) < 4.78 is 4.80. The van der Waals surface area contributed by atoms with Crippen molar-refractivity contribution >= 4 is 40.9 Å². The van der Waals surface area contributed by atoms with E-state index in [2.05, 4.69) is 10.6 Å². The van der Waals surface area contributed by atoms with E-state index in [9.17, 15) is 9.59 Å². The van der Waals surface area contributed by atoms with Crippen LogP contribution in [-0.2, 0) is 9.53 Å². The molecule has 2 N–H and O–H groups in total. The van der Waals surface area contributed by atoms with Crippen LogP contribution >= 0.6 is 23.2 Å². The van der Waals surface area contributed by atoms with Crippen molar-refractivity contribution in [3.05, 3.63) is 28.2 Å². The quantitative estimate of drug-likeness (QED) is 0.817. The summed E-state index contributed by atoms with van der Waals surface area (Å²) in [5.41, 5.74) is 0.330. The molecule has 0 aliphatic rings. The third-order valence-electron chi connectivity index (χ3n) is 2.36. The number of benzene rings is 1. The van der Waals surface area contributed by atoms with Gasteiger partial charge in [-0.2, -0.15) is 0 Å². The zero-order valence-corrected chi connectivity index (χ0v) is 12.7. The second kappa shape index (κ2) is 7.97. The van der Waals surface area contributed by atoms with Gasteiger partial charge < -0.3 is 15.4 Å². The summed E-state index contributed by atoms with van der Waals surface area (Å²) in [6.07, 6.45) is 0.0948. The predicted molar refractivity (Wildman–Crippen MR) is 79.3 cm³/mol. The van der Waals surface area contributed by atoms with Gasteiger partial charge in [0.2, 0.25) is 0 Å². The first-order chi connectivity index (χ1) is 9.43. The van der Waals surface area contributed by atoms with E-state index in [0.29, 0.717) is 22.3 Å². The standard InChI is InChI=1S/C13H16Cl2N2O3/c1-3-20-11(18)7-8(2)16-13(19)17-12-9(14)5-4-6-10(12)15/h4-6,8H,3,7H2,1-2H3,(H2,16,17,19). The van der Waals surface area contributed by atoms with E-state index < -0.39 is 6.03 Å². The summed E-state index contributed by atoms with van der Waals surface area (Å²) in [5.74, 6) is -0.365. The third kappa shape index (κ3) is 5.27. The van der Waals surface area contributed by atoms with Crippen LogP contribution < -0.4 is 10.6 Å². The van der Waals surface area contributed by atoms with Crippen LogP contribution in [0.1, 0.15) is 20.3 Å². The maximum atomic E-state index is 11.8. The van der Waals surface area contributed by atoms with Gasteiger partial charge in [-0.15, -0.1) is 0 Å². The molecule has 1 aromatic carbocycles. The lowest BCUT2D eigenvalue weighted by atomic mass is 10.2. The molecule has 2 amide bonds. The van der Waals surface area contributed by atoms with Crippen LogP contribution in [0, 0.1) is 0 Å². The molecule has 20 heavy (non-hydrogen) atoms. The number of hydrogen-bond acceptors (Lipinski definition) is 3. The second-order valence-corrected chi connectivity index (χ2v) is 4.92. The van der Waals surface area contributed by atoms with Gasteiger partial charge in [0.05, 0.1) is 28.8 Å². The highest BCUT2D eigenvalue weighted by Crippen LogP contribution is 2.29. The molecule has 0 saturated carbocycles. The molecule has 1 rings (SSSR count). The van der Waals surface area contributed by atoms with Crippen molar-refractivity contribution in [3.8, 4) is 0 Å². The van der Waals surface area contributed by atoms with Crippen LogP contribution in [0.2, 0.25) is 10.0 Å². The number of ether oxygens (including phenoxy) is 1. The summed E-state index contributed by atoms with van der Waals surface area (Å²) in [4.78, 5) is 23.0. The predicted octanol–water partition coefficient (Wildman–Crippen LogP) is 3.46. The van der Waals surface area contributed by atoms with Gasteiger partial charge in [0.15, 0.2) is 0 Å². The minimum absolute atomic E-state index is 0.0948. The van der Waals surface area contributed by atoms with Crippen LogP contribution in [-0.4, -0.2) is 24.6 Å². The summed E-state index contributed by atoms with van der Waals surface area (Å²) in [5, 5.41) is 5.83. The molecular formula is C13H16Cl2N2O3. The topological polar surface area (TPSA) is 67.4 Å². The van der Waals surface area contributed by atoms with E-state index in [0.717, 1.165) is 0 Å². The Morgan fingerprint density at radius 2 is 1.90 bits per heavy atom. The zero-order valence-electron chi connectivity index (χ0n) is 11.2. The first kappa shape index (κ1) is 16.6. The van der Waals surface area contributed by atoms with E-state index >= 15 is 0 Å². The average molecular weight is 319 g/mol. The molecule has 0 bridgehead atoms. The molecule has 0 heterocycles. The fraction of sp³-hybridized carbons (Fsp3) is 0.385. The molecule has 0 aliphatic carbocycles. The Balaban J connectivity index is 2.53. The van der Waals surface area contributed by atoms with Gasteiger partial charge in [0.1, 0.15) is 0 Å². The Hall–Kier alpha value is -1.46. The largest absolute Gasteiger partial charge is 0.466 e. The van der Waals surface area contributed by atoms with E-state index in [4.69, 9.17) is 27.9 Å². The van der Waals surface area contributed by atoms with E-state index in [1.54, 1.807) is 32.0 Å². The monoisotopic (exact) mass is 318 g/mol. The Morgan fingerprint density at radius 1 is 1.30 bits per heavy atom. The molecule has 0 aliphatic heterocycles. The summed E-state index contributed by atoms with van der Waals surface area (Å²) in [6.45, 7) is 3.74. The Bertz CT molecular complexity index is 474. The van der Waals surface area contributed by atoms with E-state index in [1.807, 2.05) is 0 Å². The van der Waals surface area contributed by atoms with Crippen molar-refractivity contribution < 1.29 is 14.3 Å². The van der Waals surface area contributed by atoms with Gasteiger partial charge in [0.25, 0.3) is 0 Å². The Kier molecular flexibility index (Phi) is 6.61. The van der Waals surface area contributed by atoms with Crippen molar-refractivity contribution in [2.75, 3.05) is 11.9 Å². The number of anilines is 1. The van der Waals surface area contributed by atoms with Crippen molar-refractivity contribution in [1.82, 2.24) is 5.32 Å². The zero-order chi connectivity index (χ0) is 15.1. The van der Waals surface area contributed by atoms with Crippen LogP contribution in [0.3, 0.4) is 0 Å².